The molecule has 3 rings (SSSR count). The van der Waals surface area contributed by atoms with Crippen molar-refractivity contribution in [2.75, 3.05) is 20.8 Å². The number of esters is 2. The van der Waals surface area contributed by atoms with Crippen LogP contribution in [0.25, 0.3) is 0 Å². The van der Waals surface area contributed by atoms with Gasteiger partial charge in [-0.2, -0.15) is 0 Å². The molecule has 2 saturated carbocycles. The van der Waals surface area contributed by atoms with Crippen LogP contribution in [0.5, 0.6) is 11.5 Å². The molecule has 0 saturated heterocycles. The van der Waals surface area contributed by atoms with Crippen LogP contribution in [0.3, 0.4) is 0 Å². The van der Waals surface area contributed by atoms with Crippen LogP contribution in [0.1, 0.15) is 99.5 Å². The first-order chi connectivity index (χ1) is 20.0. The van der Waals surface area contributed by atoms with Crippen molar-refractivity contribution in [3.05, 3.63) is 47.5 Å². The van der Waals surface area contributed by atoms with Gasteiger partial charge in [-0.05, 0) is 94.8 Å². The molecule has 0 radical (unpaired) electrons. The molecule has 2 aliphatic carbocycles. The summed E-state index contributed by atoms with van der Waals surface area (Å²) in [4.78, 5) is 21.7. The van der Waals surface area contributed by atoms with Gasteiger partial charge in [0.1, 0.15) is 17.6 Å². The molecule has 4 atom stereocenters. The van der Waals surface area contributed by atoms with Gasteiger partial charge in [-0.15, -0.1) is 0 Å². The molecule has 2 unspecified atom stereocenters. The molecule has 0 amide bonds. The molecular formula is C35H57ClO6. The summed E-state index contributed by atoms with van der Waals surface area (Å²) in [6, 6.07) is 6.00. The quantitative estimate of drug-likeness (QED) is 0.142. The number of carbonyl (C=O) groups excluding carboxylic acids is 2. The molecule has 2 fully saturated rings. The molecule has 6 nitrogen and oxygen atoms in total. The third-order valence-corrected chi connectivity index (χ3v) is 7.69. The summed E-state index contributed by atoms with van der Waals surface area (Å²) in [6.45, 7) is 16.3. The van der Waals surface area contributed by atoms with Crippen molar-refractivity contribution >= 4 is 23.5 Å². The number of benzene rings is 1. The van der Waals surface area contributed by atoms with Gasteiger partial charge < -0.3 is 18.9 Å². The van der Waals surface area contributed by atoms with Crippen LogP contribution in [0, 0.1) is 23.2 Å². The molecule has 0 N–H and O–H groups in total. The van der Waals surface area contributed by atoms with Gasteiger partial charge in [0, 0.05) is 18.5 Å². The van der Waals surface area contributed by atoms with Crippen molar-refractivity contribution in [2.45, 2.75) is 106 Å². The van der Waals surface area contributed by atoms with Gasteiger partial charge in [0.2, 0.25) is 0 Å². The van der Waals surface area contributed by atoms with E-state index in [9.17, 15) is 9.59 Å². The summed E-state index contributed by atoms with van der Waals surface area (Å²) in [5.74, 6) is 3.59. The summed E-state index contributed by atoms with van der Waals surface area (Å²) < 4.78 is 20.7. The maximum Gasteiger partial charge on any atom is 0.311 e. The van der Waals surface area contributed by atoms with Crippen LogP contribution < -0.4 is 9.47 Å². The lowest BCUT2D eigenvalue weighted by molar-refractivity contribution is -0.155. The minimum absolute atomic E-state index is 0.00898. The molecule has 2 aliphatic rings. The topological polar surface area (TPSA) is 71.1 Å². The number of carbonyl (C=O) groups is 2. The molecule has 7 heteroatoms. The molecule has 1 aromatic carbocycles. The van der Waals surface area contributed by atoms with E-state index in [1.165, 1.54) is 44.4 Å². The number of ether oxygens (including phenoxy) is 4. The Morgan fingerprint density at radius 1 is 1.14 bits per heavy atom. The first-order valence-electron chi connectivity index (χ1n) is 15.4. The highest BCUT2D eigenvalue weighted by Gasteiger charge is 2.53. The summed E-state index contributed by atoms with van der Waals surface area (Å²) in [5, 5.41) is 0. The Labute approximate surface area is 261 Å². The third kappa shape index (κ3) is 14.6. The minimum atomic E-state index is -0.209. The molecule has 240 valence electrons. The van der Waals surface area contributed by atoms with E-state index in [-0.39, 0.29) is 23.5 Å². The van der Waals surface area contributed by atoms with Gasteiger partial charge in [-0.25, -0.2) is 0 Å². The lowest BCUT2D eigenvalue weighted by Gasteiger charge is -2.30. The second-order valence-electron chi connectivity index (χ2n) is 11.2. The van der Waals surface area contributed by atoms with Crippen molar-refractivity contribution in [3.63, 3.8) is 0 Å². The van der Waals surface area contributed by atoms with Gasteiger partial charge >= 0.3 is 11.9 Å². The highest BCUT2D eigenvalue weighted by Crippen LogP contribution is 2.56. The number of fused-ring (bicyclic) bond motifs is 2. The highest BCUT2D eigenvalue weighted by atomic mass is 35.5. The zero-order chi connectivity index (χ0) is 32.1. The zero-order valence-electron chi connectivity index (χ0n) is 27.8. The Morgan fingerprint density at radius 3 is 2.31 bits per heavy atom. The summed E-state index contributed by atoms with van der Waals surface area (Å²) in [5.41, 5.74) is 2.56. The van der Waals surface area contributed by atoms with Crippen LogP contribution in [0.15, 0.2) is 42.0 Å². The smallest absolute Gasteiger partial charge is 0.311 e. The number of halogens is 1. The molecule has 2 bridgehead atoms. The Bertz CT molecular complexity index is 957. The first kappa shape index (κ1) is 39.5. The van der Waals surface area contributed by atoms with E-state index in [4.69, 9.17) is 25.8 Å². The van der Waals surface area contributed by atoms with E-state index < -0.39 is 0 Å². The molecular weight excluding hydrogens is 552 g/mol. The van der Waals surface area contributed by atoms with E-state index in [0.29, 0.717) is 18.4 Å². The second-order valence-corrected chi connectivity index (χ2v) is 11.5. The van der Waals surface area contributed by atoms with E-state index in [0.717, 1.165) is 43.1 Å². The van der Waals surface area contributed by atoms with Gasteiger partial charge in [0.05, 0.1) is 26.2 Å². The summed E-state index contributed by atoms with van der Waals surface area (Å²) in [7, 11) is 3.19. The summed E-state index contributed by atoms with van der Waals surface area (Å²) >= 11 is 5.53. The Kier molecular flexibility index (Phi) is 20.8. The van der Waals surface area contributed by atoms with Crippen LogP contribution in [0.2, 0.25) is 0 Å². The molecule has 0 aliphatic heterocycles. The Morgan fingerprint density at radius 2 is 1.83 bits per heavy atom. The fourth-order valence-electron chi connectivity index (χ4n) is 5.33. The van der Waals surface area contributed by atoms with Gasteiger partial charge in [0.25, 0.3) is 0 Å². The number of methoxy groups -OCH3 is 2. The average Bonchev–Trinajstić information content (AvgIpc) is 3.57. The van der Waals surface area contributed by atoms with Gasteiger partial charge in [-0.3, -0.25) is 9.59 Å². The van der Waals surface area contributed by atoms with E-state index in [1.807, 2.05) is 52.0 Å². The highest BCUT2D eigenvalue weighted by molar-refractivity contribution is 6.25. The average molecular weight is 609 g/mol. The van der Waals surface area contributed by atoms with Crippen molar-refractivity contribution in [3.8, 4) is 11.5 Å². The second kappa shape index (κ2) is 22.1. The normalized spacial score (nSPS) is 21.0. The zero-order valence-corrected chi connectivity index (χ0v) is 28.6. The fourth-order valence-corrected chi connectivity index (χ4v) is 5.54. The maximum atomic E-state index is 11.5. The minimum Gasteiger partial charge on any atom is -0.496 e. The van der Waals surface area contributed by atoms with Crippen LogP contribution in [0.4, 0.5) is 0 Å². The SMILES string of the molecule is C/C=C/CCOC(C)=O.CC.COC(=O)[C@@]1(C)C[C@H]2CCC1C2.COc1cc(OC(C)/C=C/Cl)ccc1CCC(C)C. The monoisotopic (exact) mass is 608 g/mol. The van der Waals surface area contributed by atoms with Crippen molar-refractivity contribution in [1.82, 2.24) is 0 Å². The van der Waals surface area contributed by atoms with Crippen LogP contribution >= 0.6 is 11.6 Å². The maximum absolute atomic E-state index is 11.5. The lowest BCUT2D eigenvalue weighted by Crippen LogP contribution is -2.34. The predicted molar refractivity (Wildman–Crippen MR) is 174 cm³/mol. The number of allylic oxidation sites excluding steroid dienone is 1. The van der Waals surface area contributed by atoms with Crippen molar-refractivity contribution < 1.29 is 28.5 Å². The largest absolute Gasteiger partial charge is 0.496 e. The van der Waals surface area contributed by atoms with Crippen LogP contribution in [-0.2, 0) is 25.5 Å². The number of aryl methyl sites for hydroxylation is 1. The molecule has 0 spiro atoms. The Balaban J connectivity index is 0.000000626. The molecule has 1 aromatic rings. The van der Waals surface area contributed by atoms with E-state index in [2.05, 4.69) is 31.6 Å². The molecule has 0 heterocycles. The predicted octanol–water partition coefficient (Wildman–Crippen LogP) is 9.33. The van der Waals surface area contributed by atoms with Gasteiger partial charge in [0.15, 0.2) is 0 Å². The van der Waals surface area contributed by atoms with E-state index in [1.54, 1.807) is 13.2 Å². The number of hydrogen-bond donors (Lipinski definition) is 0. The Hall–Kier alpha value is -2.47. The number of hydrogen-bond acceptors (Lipinski definition) is 6. The van der Waals surface area contributed by atoms with E-state index >= 15 is 0 Å². The third-order valence-electron chi connectivity index (χ3n) is 7.55. The molecule has 42 heavy (non-hydrogen) atoms. The van der Waals surface area contributed by atoms with Crippen molar-refractivity contribution in [2.24, 2.45) is 23.2 Å². The first-order valence-corrected chi connectivity index (χ1v) is 15.9. The summed E-state index contributed by atoms with van der Waals surface area (Å²) in [6.07, 6.45) is 13.5. The molecule has 0 aromatic heterocycles. The van der Waals surface area contributed by atoms with Gasteiger partial charge in [-0.1, -0.05) is 63.9 Å². The lowest BCUT2D eigenvalue weighted by atomic mass is 9.75. The standard InChI is InChI=1S/C16H23ClO2.C10H16O2.C7H12O2.C2H6/c1-12(2)5-6-14-7-8-15(11-16(14)18-4)19-13(3)9-10-17;1-10(9(11)12-2)6-7-3-4-8(10)5-7;1-3-4-5-6-9-7(2)8;1-2/h7-13H,5-6H2,1-4H3;7-8H,3-6H2,1-2H3;3-4H,5-6H2,1-2H3;1-2H3/b10-9+;;4-3+;/t;7-,8?,10-;;/m.0../s1. The fraction of sp³-hybridized carbons (Fsp3) is 0.657. The van der Waals surface area contributed by atoms with Crippen LogP contribution in [-0.4, -0.2) is 38.9 Å². The van der Waals surface area contributed by atoms with Crippen molar-refractivity contribution in [1.29, 1.82) is 0 Å². The number of rotatable bonds is 11.